The van der Waals surface area contributed by atoms with Crippen molar-refractivity contribution >= 4 is 10.0 Å². The fourth-order valence-corrected chi connectivity index (χ4v) is 5.48. The van der Waals surface area contributed by atoms with E-state index in [-0.39, 0.29) is 0 Å². The summed E-state index contributed by atoms with van der Waals surface area (Å²) in [6.45, 7) is 9.16. The largest absolute Gasteiger partial charge is 0.303 e. The van der Waals surface area contributed by atoms with Gasteiger partial charge >= 0.3 is 0 Å². The van der Waals surface area contributed by atoms with Gasteiger partial charge in [-0.15, -0.1) is 0 Å². The van der Waals surface area contributed by atoms with Gasteiger partial charge in [0.15, 0.2) is 0 Å². The molecule has 5 heteroatoms. The van der Waals surface area contributed by atoms with Crippen molar-refractivity contribution in [2.45, 2.75) is 56.8 Å². The molecule has 0 unspecified atom stereocenters. The molecule has 0 bridgehead atoms. The van der Waals surface area contributed by atoms with Gasteiger partial charge in [-0.2, -0.15) is 4.31 Å². The van der Waals surface area contributed by atoms with Crippen LogP contribution in [0.2, 0.25) is 0 Å². The first kappa shape index (κ1) is 18.9. The second-order valence-electron chi connectivity index (χ2n) is 7.93. The van der Waals surface area contributed by atoms with Crippen LogP contribution in [0.25, 0.3) is 0 Å². The molecule has 2 saturated heterocycles. The van der Waals surface area contributed by atoms with Crippen molar-refractivity contribution in [2.24, 2.45) is 5.92 Å². The maximum atomic E-state index is 12.9. The van der Waals surface area contributed by atoms with Crippen molar-refractivity contribution in [1.29, 1.82) is 0 Å². The Morgan fingerprint density at radius 2 is 1.56 bits per heavy atom. The van der Waals surface area contributed by atoms with Crippen molar-refractivity contribution in [3.8, 4) is 0 Å². The molecule has 4 nitrogen and oxygen atoms in total. The van der Waals surface area contributed by atoms with E-state index >= 15 is 0 Å². The van der Waals surface area contributed by atoms with Gasteiger partial charge < -0.3 is 4.90 Å². The first-order valence-electron chi connectivity index (χ1n) is 9.79. The zero-order valence-corrected chi connectivity index (χ0v) is 16.5. The SMILES string of the molecule is CC(C)c1ccc(S(=O)(=O)N2CCC(CN3CCCCC3)CC2)cc1. The lowest BCUT2D eigenvalue weighted by molar-refractivity contribution is 0.161. The van der Waals surface area contributed by atoms with Crippen LogP contribution in [0.5, 0.6) is 0 Å². The van der Waals surface area contributed by atoms with Gasteiger partial charge in [-0.05, 0) is 68.3 Å². The van der Waals surface area contributed by atoms with Crippen molar-refractivity contribution in [1.82, 2.24) is 9.21 Å². The molecule has 0 radical (unpaired) electrons. The number of sulfonamides is 1. The first-order valence-corrected chi connectivity index (χ1v) is 11.2. The highest BCUT2D eigenvalue weighted by Crippen LogP contribution is 2.26. The van der Waals surface area contributed by atoms with E-state index < -0.39 is 10.0 Å². The molecule has 140 valence electrons. The van der Waals surface area contributed by atoms with E-state index in [1.807, 2.05) is 12.1 Å². The molecule has 1 aromatic rings. The zero-order chi connectivity index (χ0) is 17.9. The molecule has 2 aliphatic heterocycles. The summed E-state index contributed by atoms with van der Waals surface area (Å²) in [5.74, 6) is 1.06. The molecule has 3 rings (SSSR count). The van der Waals surface area contributed by atoms with Gasteiger partial charge in [0, 0.05) is 19.6 Å². The van der Waals surface area contributed by atoms with Gasteiger partial charge in [-0.1, -0.05) is 32.4 Å². The van der Waals surface area contributed by atoms with Crippen molar-refractivity contribution in [3.05, 3.63) is 29.8 Å². The molecular formula is C20H32N2O2S. The maximum Gasteiger partial charge on any atom is 0.243 e. The van der Waals surface area contributed by atoms with Crippen LogP contribution in [-0.2, 0) is 10.0 Å². The Labute approximate surface area is 153 Å². The smallest absolute Gasteiger partial charge is 0.243 e. The third-order valence-corrected chi connectivity index (χ3v) is 7.64. The average molecular weight is 365 g/mol. The minimum absolute atomic E-state index is 0.419. The highest BCUT2D eigenvalue weighted by atomic mass is 32.2. The Morgan fingerprint density at radius 1 is 0.960 bits per heavy atom. The number of hydrogen-bond donors (Lipinski definition) is 0. The van der Waals surface area contributed by atoms with E-state index in [2.05, 4.69) is 18.7 Å². The standard InChI is InChI=1S/C20H32N2O2S/c1-17(2)19-6-8-20(9-7-19)25(23,24)22-14-10-18(11-15-22)16-21-12-4-3-5-13-21/h6-9,17-18H,3-5,10-16H2,1-2H3. The zero-order valence-electron chi connectivity index (χ0n) is 15.7. The van der Waals surface area contributed by atoms with Gasteiger partial charge in [0.05, 0.1) is 4.90 Å². The van der Waals surface area contributed by atoms with Crippen molar-refractivity contribution in [2.75, 3.05) is 32.7 Å². The summed E-state index contributed by atoms with van der Waals surface area (Å²) in [5.41, 5.74) is 1.18. The molecule has 0 aliphatic carbocycles. The van der Waals surface area contributed by atoms with Crippen LogP contribution < -0.4 is 0 Å². The molecule has 1 aromatic carbocycles. The molecule has 2 aliphatic rings. The quantitative estimate of drug-likeness (QED) is 0.800. The predicted molar refractivity (Wildman–Crippen MR) is 102 cm³/mol. The monoisotopic (exact) mass is 364 g/mol. The summed E-state index contributed by atoms with van der Waals surface area (Å²) in [5, 5.41) is 0. The van der Waals surface area contributed by atoms with Crippen LogP contribution in [0.3, 0.4) is 0 Å². The van der Waals surface area contributed by atoms with Crippen LogP contribution in [-0.4, -0.2) is 50.3 Å². The lowest BCUT2D eigenvalue weighted by Gasteiger charge is -2.35. The molecule has 2 fully saturated rings. The van der Waals surface area contributed by atoms with Crippen LogP contribution in [0.4, 0.5) is 0 Å². The van der Waals surface area contributed by atoms with E-state index in [0.717, 1.165) is 19.4 Å². The van der Waals surface area contributed by atoms with Crippen LogP contribution >= 0.6 is 0 Å². The van der Waals surface area contributed by atoms with E-state index in [1.54, 1.807) is 16.4 Å². The van der Waals surface area contributed by atoms with Gasteiger partial charge in [-0.25, -0.2) is 8.42 Å². The van der Waals surface area contributed by atoms with E-state index in [4.69, 9.17) is 0 Å². The normalized spacial score (nSPS) is 21.7. The Morgan fingerprint density at radius 3 is 2.12 bits per heavy atom. The number of rotatable bonds is 5. The number of hydrogen-bond acceptors (Lipinski definition) is 3. The average Bonchev–Trinajstić information content (AvgIpc) is 2.63. The van der Waals surface area contributed by atoms with Crippen LogP contribution in [0, 0.1) is 5.92 Å². The second-order valence-corrected chi connectivity index (χ2v) is 9.87. The molecule has 0 spiro atoms. The fraction of sp³-hybridized carbons (Fsp3) is 0.700. The Bertz CT molecular complexity index is 641. The summed E-state index contributed by atoms with van der Waals surface area (Å²) in [6.07, 6.45) is 5.97. The van der Waals surface area contributed by atoms with Crippen LogP contribution in [0.15, 0.2) is 29.2 Å². The molecule has 25 heavy (non-hydrogen) atoms. The molecule has 0 N–H and O–H groups in total. The maximum absolute atomic E-state index is 12.9. The lowest BCUT2D eigenvalue weighted by atomic mass is 9.96. The second kappa shape index (κ2) is 8.19. The van der Waals surface area contributed by atoms with Gasteiger partial charge in [0.2, 0.25) is 10.0 Å². The lowest BCUT2D eigenvalue weighted by Crippen LogP contribution is -2.42. The van der Waals surface area contributed by atoms with Gasteiger partial charge in [0.25, 0.3) is 0 Å². The van der Waals surface area contributed by atoms with Crippen molar-refractivity contribution < 1.29 is 8.42 Å². The molecule has 0 aromatic heterocycles. The Balaban J connectivity index is 1.57. The van der Waals surface area contributed by atoms with Crippen molar-refractivity contribution in [3.63, 3.8) is 0 Å². The third kappa shape index (κ3) is 4.63. The summed E-state index contributed by atoms with van der Waals surface area (Å²) in [7, 11) is -3.34. The minimum atomic E-state index is -3.34. The van der Waals surface area contributed by atoms with E-state index in [0.29, 0.717) is 29.8 Å². The number of likely N-dealkylation sites (tertiary alicyclic amines) is 1. The summed E-state index contributed by atoms with van der Waals surface area (Å²) in [4.78, 5) is 3.01. The molecule has 0 saturated carbocycles. The van der Waals surface area contributed by atoms with Crippen LogP contribution in [0.1, 0.15) is 57.4 Å². The van der Waals surface area contributed by atoms with Gasteiger partial charge in [-0.3, -0.25) is 0 Å². The number of piperidine rings is 2. The molecular weight excluding hydrogens is 332 g/mol. The first-order chi connectivity index (χ1) is 12.0. The topological polar surface area (TPSA) is 40.6 Å². The third-order valence-electron chi connectivity index (χ3n) is 5.72. The molecule has 0 atom stereocenters. The summed E-state index contributed by atoms with van der Waals surface area (Å²) >= 11 is 0. The number of benzene rings is 1. The number of nitrogens with zero attached hydrogens (tertiary/aromatic N) is 2. The molecule has 0 amide bonds. The summed E-state index contributed by atoms with van der Waals surface area (Å²) in [6, 6.07) is 7.43. The summed E-state index contributed by atoms with van der Waals surface area (Å²) < 4.78 is 27.4. The fourth-order valence-electron chi connectivity index (χ4n) is 4.01. The highest BCUT2D eigenvalue weighted by Gasteiger charge is 2.30. The highest BCUT2D eigenvalue weighted by molar-refractivity contribution is 7.89. The van der Waals surface area contributed by atoms with E-state index in [9.17, 15) is 8.42 Å². The molecule has 2 heterocycles. The Hall–Kier alpha value is -0.910. The predicted octanol–water partition coefficient (Wildman–Crippen LogP) is 3.70. The van der Waals surface area contributed by atoms with Gasteiger partial charge in [0.1, 0.15) is 0 Å². The van der Waals surface area contributed by atoms with E-state index in [1.165, 1.54) is 37.9 Å². The minimum Gasteiger partial charge on any atom is -0.303 e. The Kier molecular flexibility index (Phi) is 6.18.